The third-order valence-electron chi connectivity index (χ3n) is 7.74. The number of rotatable bonds is 4. The van der Waals surface area contributed by atoms with Crippen LogP contribution in [0.2, 0.25) is 0 Å². The lowest BCUT2D eigenvalue weighted by molar-refractivity contribution is 0.667. The van der Waals surface area contributed by atoms with E-state index in [0.717, 1.165) is 44.8 Å². The van der Waals surface area contributed by atoms with Gasteiger partial charge in [0.1, 0.15) is 5.41 Å². The fraction of sp³-hybridized carbons (Fsp3) is 0.0303. The lowest BCUT2D eigenvalue weighted by atomic mass is 9.74. The molecule has 4 heteroatoms. The Balaban J connectivity index is 1.56. The summed E-state index contributed by atoms with van der Waals surface area (Å²) in [5.74, 6) is 0. The monoisotopic (exact) mass is 476 g/mol. The van der Waals surface area contributed by atoms with Crippen LogP contribution in [0, 0.1) is 0 Å². The highest BCUT2D eigenvalue weighted by atomic mass is 14.9. The average Bonchev–Trinajstić information content (AvgIpc) is 3.73. The summed E-state index contributed by atoms with van der Waals surface area (Å²) in [5.41, 5.74) is 8.18. The number of H-pyrrole nitrogens is 4. The summed E-state index contributed by atoms with van der Waals surface area (Å²) in [6.45, 7) is 0. The average molecular weight is 477 g/mol. The summed E-state index contributed by atoms with van der Waals surface area (Å²) in [7, 11) is 0. The van der Waals surface area contributed by atoms with Crippen LogP contribution in [0.15, 0.2) is 121 Å². The first-order valence-corrected chi connectivity index (χ1v) is 12.6. The van der Waals surface area contributed by atoms with Gasteiger partial charge < -0.3 is 19.9 Å². The zero-order valence-electron chi connectivity index (χ0n) is 20.0. The van der Waals surface area contributed by atoms with Crippen LogP contribution in [0.3, 0.4) is 0 Å². The van der Waals surface area contributed by atoms with Crippen LogP contribution in [0.1, 0.15) is 22.8 Å². The van der Waals surface area contributed by atoms with Gasteiger partial charge in [0, 0.05) is 44.8 Å². The predicted molar refractivity (Wildman–Crippen MR) is 152 cm³/mol. The lowest BCUT2D eigenvalue weighted by Gasteiger charge is -2.31. The molecule has 4 N–H and O–H groups in total. The van der Waals surface area contributed by atoms with Gasteiger partial charge >= 0.3 is 0 Å². The third kappa shape index (κ3) is 2.90. The van der Waals surface area contributed by atoms with E-state index in [-0.39, 0.29) is 0 Å². The summed E-state index contributed by atoms with van der Waals surface area (Å²) >= 11 is 0. The number of nitrogens with one attached hydrogen (secondary N) is 4. The number of aromatic nitrogens is 4. The molecule has 176 valence electrons. The second-order valence-corrected chi connectivity index (χ2v) is 9.83. The molecule has 4 aromatic carbocycles. The standard InChI is InChI=1S/C33H24N4/c1-5-13-25-21(9-1)17-29(34-25)33(30-18-22-10-2-6-14-26(22)35-30,31-19-23-11-3-7-15-27(23)36-31)32-20-24-12-4-8-16-28(24)37-32/h1-20,34-37H. The number of fused-ring (bicyclic) bond motifs is 4. The Hall–Kier alpha value is -4.96. The van der Waals surface area contributed by atoms with E-state index in [1.165, 1.54) is 21.5 Å². The summed E-state index contributed by atoms with van der Waals surface area (Å²) in [6.07, 6.45) is 0. The van der Waals surface area contributed by atoms with Gasteiger partial charge in [0.2, 0.25) is 0 Å². The van der Waals surface area contributed by atoms with Crippen LogP contribution in [0.4, 0.5) is 0 Å². The van der Waals surface area contributed by atoms with Crippen LogP contribution >= 0.6 is 0 Å². The molecule has 4 nitrogen and oxygen atoms in total. The molecule has 0 atom stereocenters. The van der Waals surface area contributed by atoms with Crippen molar-refractivity contribution in [3.05, 3.63) is 144 Å². The molecule has 0 aliphatic rings. The predicted octanol–water partition coefficient (Wildman–Crippen LogP) is 7.99. The minimum absolute atomic E-state index is 0.671. The molecule has 0 bridgehead atoms. The van der Waals surface area contributed by atoms with E-state index < -0.39 is 5.41 Å². The van der Waals surface area contributed by atoms with Crippen molar-refractivity contribution in [2.24, 2.45) is 0 Å². The Bertz CT molecular complexity index is 1630. The third-order valence-corrected chi connectivity index (χ3v) is 7.74. The van der Waals surface area contributed by atoms with E-state index in [1.807, 2.05) is 0 Å². The molecule has 4 heterocycles. The number of hydrogen-bond acceptors (Lipinski definition) is 0. The molecule has 0 spiro atoms. The number of para-hydroxylation sites is 4. The molecular weight excluding hydrogens is 452 g/mol. The minimum atomic E-state index is -0.671. The normalized spacial score (nSPS) is 12.3. The van der Waals surface area contributed by atoms with E-state index in [4.69, 9.17) is 0 Å². The van der Waals surface area contributed by atoms with Crippen molar-refractivity contribution in [1.29, 1.82) is 0 Å². The van der Waals surface area contributed by atoms with Crippen LogP contribution in [-0.2, 0) is 5.41 Å². The van der Waals surface area contributed by atoms with Crippen molar-refractivity contribution in [3.63, 3.8) is 0 Å². The Labute approximate surface area is 213 Å². The van der Waals surface area contributed by atoms with Crippen molar-refractivity contribution in [2.45, 2.75) is 5.41 Å². The topological polar surface area (TPSA) is 63.2 Å². The molecule has 0 amide bonds. The second kappa shape index (κ2) is 7.52. The van der Waals surface area contributed by atoms with Gasteiger partial charge in [-0.05, 0) is 70.1 Å². The van der Waals surface area contributed by atoms with Crippen LogP contribution in [-0.4, -0.2) is 19.9 Å². The van der Waals surface area contributed by atoms with Crippen molar-refractivity contribution in [2.75, 3.05) is 0 Å². The maximum absolute atomic E-state index is 3.80. The van der Waals surface area contributed by atoms with Crippen LogP contribution in [0.5, 0.6) is 0 Å². The van der Waals surface area contributed by atoms with Gasteiger partial charge in [0.15, 0.2) is 0 Å². The van der Waals surface area contributed by atoms with Gasteiger partial charge in [-0.25, -0.2) is 0 Å². The second-order valence-electron chi connectivity index (χ2n) is 9.83. The molecular formula is C33H24N4. The zero-order valence-corrected chi connectivity index (χ0v) is 20.0. The highest BCUT2D eigenvalue weighted by Gasteiger charge is 2.44. The van der Waals surface area contributed by atoms with Gasteiger partial charge in [-0.2, -0.15) is 0 Å². The van der Waals surface area contributed by atoms with Gasteiger partial charge in [-0.3, -0.25) is 0 Å². The molecule has 0 unspecified atom stereocenters. The SMILES string of the molecule is c1ccc2[nH]c(C(c3cc4ccccc4[nH]3)(c3cc4ccccc4[nH]3)c3cc4ccccc4[nH]3)cc2c1. The van der Waals surface area contributed by atoms with Crippen molar-refractivity contribution >= 4 is 43.6 Å². The van der Waals surface area contributed by atoms with E-state index in [0.29, 0.717) is 0 Å². The molecule has 4 aromatic heterocycles. The smallest absolute Gasteiger partial charge is 0.130 e. The maximum Gasteiger partial charge on any atom is 0.130 e. The molecule has 8 aromatic rings. The van der Waals surface area contributed by atoms with Gasteiger partial charge in [0.25, 0.3) is 0 Å². The summed E-state index contributed by atoms with van der Waals surface area (Å²) < 4.78 is 0. The van der Waals surface area contributed by atoms with E-state index in [9.17, 15) is 0 Å². The Morgan fingerprint density at radius 3 is 0.811 bits per heavy atom. The fourth-order valence-electron chi connectivity index (χ4n) is 5.97. The Kier molecular flexibility index (Phi) is 4.12. The molecule has 0 saturated carbocycles. The van der Waals surface area contributed by atoms with Gasteiger partial charge in [0.05, 0.1) is 0 Å². The van der Waals surface area contributed by atoms with Crippen molar-refractivity contribution in [1.82, 2.24) is 19.9 Å². The first-order chi connectivity index (χ1) is 18.3. The molecule has 0 aliphatic heterocycles. The molecule has 0 radical (unpaired) electrons. The van der Waals surface area contributed by atoms with Crippen LogP contribution in [0.25, 0.3) is 43.6 Å². The summed E-state index contributed by atoms with van der Waals surface area (Å²) in [5, 5.41) is 4.74. The zero-order chi connectivity index (χ0) is 24.4. The number of aromatic amines is 4. The molecule has 0 fully saturated rings. The number of hydrogen-bond donors (Lipinski definition) is 4. The van der Waals surface area contributed by atoms with E-state index >= 15 is 0 Å². The molecule has 37 heavy (non-hydrogen) atoms. The maximum atomic E-state index is 3.80. The molecule has 0 saturated heterocycles. The largest absolute Gasteiger partial charge is 0.357 e. The highest BCUT2D eigenvalue weighted by molar-refractivity contribution is 5.88. The minimum Gasteiger partial charge on any atom is -0.357 e. The number of benzene rings is 4. The van der Waals surface area contributed by atoms with Gasteiger partial charge in [-0.1, -0.05) is 72.8 Å². The Morgan fingerprint density at radius 1 is 0.324 bits per heavy atom. The fourth-order valence-corrected chi connectivity index (χ4v) is 5.97. The van der Waals surface area contributed by atoms with Crippen molar-refractivity contribution < 1.29 is 0 Å². The first-order valence-electron chi connectivity index (χ1n) is 12.6. The molecule has 0 aliphatic carbocycles. The van der Waals surface area contributed by atoms with Gasteiger partial charge in [-0.15, -0.1) is 0 Å². The molecule has 8 rings (SSSR count). The quantitative estimate of drug-likeness (QED) is 0.199. The lowest BCUT2D eigenvalue weighted by Crippen LogP contribution is -2.32. The van der Waals surface area contributed by atoms with Crippen LogP contribution < -0.4 is 0 Å². The Morgan fingerprint density at radius 2 is 0.568 bits per heavy atom. The first kappa shape index (κ1) is 20.3. The highest BCUT2D eigenvalue weighted by Crippen LogP contribution is 2.46. The summed E-state index contributed by atoms with van der Waals surface area (Å²) in [6, 6.07) is 43.1. The summed E-state index contributed by atoms with van der Waals surface area (Å²) in [4.78, 5) is 15.2. The van der Waals surface area contributed by atoms with E-state index in [1.54, 1.807) is 0 Å². The van der Waals surface area contributed by atoms with E-state index in [2.05, 4.69) is 141 Å². The van der Waals surface area contributed by atoms with Crippen molar-refractivity contribution in [3.8, 4) is 0 Å².